The third-order valence-corrected chi connectivity index (χ3v) is 3.58. The van der Waals surface area contributed by atoms with Gasteiger partial charge in [-0.25, -0.2) is 0 Å². The predicted octanol–water partition coefficient (Wildman–Crippen LogP) is 2.15. The molecular formula is C11H20O2. The van der Waals surface area contributed by atoms with E-state index in [0.29, 0.717) is 12.3 Å². The summed E-state index contributed by atoms with van der Waals surface area (Å²) in [6.07, 6.45) is 5.44. The zero-order valence-corrected chi connectivity index (χ0v) is 8.62. The quantitative estimate of drug-likeness (QED) is 0.680. The molecule has 0 spiro atoms. The average molecular weight is 184 g/mol. The van der Waals surface area contributed by atoms with Crippen molar-refractivity contribution in [3.63, 3.8) is 0 Å². The van der Waals surface area contributed by atoms with Crippen LogP contribution in [0, 0.1) is 11.3 Å². The zero-order valence-electron chi connectivity index (χ0n) is 8.62. The Bertz CT molecular complexity index is 179. The molecule has 0 aromatic carbocycles. The Hall–Kier alpha value is -0.370. The summed E-state index contributed by atoms with van der Waals surface area (Å²) >= 11 is 0. The van der Waals surface area contributed by atoms with Crippen LogP contribution in [0.1, 0.15) is 46.0 Å². The van der Waals surface area contributed by atoms with E-state index >= 15 is 0 Å². The molecular weight excluding hydrogens is 164 g/mol. The zero-order chi connectivity index (χ0) is 9.90. The Labute approximate surface area is 80.3 Å². The lowest BCUT2D eigenvalue weighted by Gasteiger charge is -2.29. The molecule has 1 N–H and O–H groups in total. The van der Waals surface area contributed by atoms with Crippen molar-refractivity contribution >= 4 is 6.29 Å². The van der Waals surface area contributed by atoms with Crippen LogP contribution < -0.4 is 0 Å². The van der Waals surface area contributed by atoms with Crippen molar-refractivity contribution in [3.05, 3.63) is 0 Å². The van der Waals surface area contributed by atoms with E-state index in [2.05, 4.69) is 6.92 Å². The maximum Gasteiger partial charge on any atom is 0.126 e. The molecule has 3 atom stereocenters. The fraction of sp³-hybridized carbons (Fsp3) is 0.909. The second-order valence-electron chi connectivity index (χ2n) is 4.41. The molecule has 1 saturated carbocycles. The molecule has 3 unspecified atom stereocenters. The fourth-order valence-corrected chi connectivity index (χ4v) is 2.38. The normalized spacial score (nSPS) is 36.1. The molecule has 2 heteroatoms. The summed E-state index contributed by atoms with van der Waals surface area (Å²) in [6.45, 7) is 4.09. The molecule has 76 valence electrons. The highest BCUT2D eigenvalue weighted by Gasteiger charge is 2.41. The summed E-state index contributed by atoms with van der Waals surface area (Å²) in [6, 6.07) is 0. The van der Waals surface area contributed by atoms with Crippen molar-refractivity contribution < 1.29 is 9.90 Å². The van der Waals surface area contributed by atoms with Crippen LogP contribution in [0.25, 0.3) is 0 Å². The number of hydrogen-bond donors (Lipinski definition) is 1. The first-order valence-corrected chi connectivity index (χ1v) is 5.29. The second kappa shape index (κ2) is 4.23. The summed E-state index contributed by atoms with van der Waals surface area (Å²) in [5.41, 5.74) is -0.213. The first-order chi connectivity index (χ1) is 6.14. The van der Waals surface area contributed by atoms with Crippen LogP contribution in [0.4, 0.5) is 0 Å². The largest absolute Gasteiger partial charge is 0.393 e. The molecule has 0 bridgehead atoms. The molecule has 0 aliphatic heterocycles. The molecule has 0 aromatic heterocycles. The number of aldehydes is 1. The lowest BCUT2D eigenvalue weighted by Crippen LogP contribution is -2.30. The lowest BCUT2D eigenvalue weighted by atomic mass is 9.75. The van der Waals surface area contributed by atoms with E-state index in [1.807, 2.05) is 6.92 Å². The number of rotatable bonds is 4. The van der Waals surface area contributed by atoms with Crippen LogP contribution in [-0.2, 0) is 4.79 Å². The third kappa shape index (κ3) is 2.11. The van der Waals surface area contributed by atoms with Gasteiger partial charge in [-0.3, -0.25) is 0 Å². The fourth-order valence-electron chi connectivity index (χ4n) is 2.38. The SMILES string of the molecule is CCC(O)CC1(C=O)CCCC1C. The molecule has 0 saturated heterocycles. The predicted molar refractivity (Wildman–Crippen MR) is 52.4 cm³/mol. The highest BCUT2D eigenvalue weighted by Crippen LogP contribution is 2.45. The van der Waals surface area contributed by atoms with Gasteiger partial charge in [-0.15, -0.1) is 0 Å². The Morgan fingerprint density at radius 3 is 2.77 bits per heavy atom. The summed E-state index contributed by atoms with van der Waals surface area (Å²) < 4.78 is 0. The smallest absolute Gasteiger partial charge is 0.126 e. The van der Waals surface area contributed by atoms with E-state index in [1.165, 1.54) is 0 Å². The summed E-state index contributed by atoms with van der Waals surface area (Å²) in [4.78, 5) is 11.1. The van der Waals surface area contributed by atoms with Crippen LogP contribution in [0.3, 0.4) is 0 Å². The standard InChI is InChI=1S/C11H20O2/c1-3-10(13)7-11(8-12)6-4-5-9(11)2/h8-10,13H,3-7H2,1-2H3. The van der Waals surface area contributed by atoms with Gasteiger partial charge in [-0.05, 0) is 31.6 Å². The number of carbonyl (C=O) groups is 1. The van der Waals surface area contributed by atoms with Gasteiger partial charge in [0.2, 0.25) is 0 Å². The maximum atomic E-state index is 11.1. The molecule has 0 radical (unpaired) electrons. The molecule has 0 amide bonds. The first kappa shape index (κ1) is 10.7. The van der Waals surface area contributed by atoms with Crippen LogP contribution in [0.5, 0.6) is 0 Å². The van der Waals surface area contributed by atoms with Crippen LogP contribution in [0.15, 0.2) is 0 Å². The minimum Gasteiger partial charge on any atom is -0.393 e. The van der Waals surface area contributed by atoms with Crippen molar-refractivity contribution in [1.29, 1.82) is 0 Å². The summed E-state index contributed by atoms with van der Waals surface area (Å²) in [5.74, 6) is 0.450. The van der Waals surface area contributed by atoms with Crippen LogP contribution >= 0.6 is 0 Å². The molecule has 1 fully saturated rings. The average Bonchev–Trinajstić information content (AvgIpc) is 2.48. The Morgan fingerprint density at radius 1 is 1.69 bits per heavy atom. The van der Waals surface area contributed by atoms with Gasteiger partial charge in [-0.1, -0.05) is 20.3 Å². The summed E-state index contributed by atoms with van der Waals surface area (Å²) in [7, 11) is 0. The van der Waals surface area contributed by atoms with Crippen LogP contribution in [0.2, 0.25) is 0 Å². The van der Waals surface area contributed by atoms with Gasteiger partial charge >= 0.3 is 0 Å². The van der Waals surface area contributed by atoms with Gasteiger partial charge < -0.3 is 9.90 Å². The number of hydrogen-bond acceptors (Lipinski definition) is 2. The molecule has 1 aliphatic carbocycles. The van der Waals surface area contributed by atoms with E-state index in [0.717, 1.165) is 32.0 Å². The lowest BCUT2D eigenvalue weighted by molar-refractivity contribution is -0.119. The molecule has 1 aliphatic rings. The highest BCUT2D eigenvalue weighted by atomic mass is 16.3. The molecule has 13 heavy (non-hydrogen) atoms. The molecule has 0 heterocycles. The molecule has 1 rings (SSSR count). The van der Waals surface area contributed by atoms with Gasteiger partial charge in [-0.2, -0.15) is 0 Å². The highest BCUT2D eigenvalue weighted by molar-refractivity contribution is 5.60. The van der Waals surface area contributed by atoms with Crippen molar-refractivity contribution in [2.24, 2.45) is 11.3 Å². The van der Waals surface area contributed by atoms with Crippen molar-refractivity contribution in [1.82, 2.24) is 0 Å². The van der Waals surface area contributed by atoms with Gasteiger partial charge in [0.05, 0.1) is 6.10 Å². The van der Waals surface area contributed by atoms with E-state index in [9.17, 15) is 9.90 Å². The minimum absolute atomic E-state index is 0.213. The second-order valence-corrected chi connectivity index (χ2v) is 4.41. The van der Waals surface area contributed by atoms with E-state index in [1.54, 1.807) is 0 Å². The third-order valence-electron chi connectivity index (χ3n) is 3.58. The summed E-state index contributed by atoms with van der Waals surface area (Å²) in [5, 5.41) is 9.57. The minimum atomic E-state index is -0.300. The van der Waals surface area contributed by atoms with Crippen molar-refractivity contribution in [3.8, 4) is 0 Å². The molecule has 2 nitrogen and oxygen atoms in total. The topological polar surface area (TPSA) is 37.3 Å². The number of carbonyl (C=O) groups excluding carboxylic acids is 1. The van der Waals surface area contributed by atoms with Gasteiger partial charge in [0.25, 0.3) is 0 Å². The van der Waals surface area contributed by atoms with Gasteiger partial charge in [0.15, 0.2) is 0 Å². The maximum absolute atomic E-state index is 11.1. The number of aliphatic hydroxyl groups is 1. The first-order valence-electron chi connectivity index (χ1n) is 5.29. The van der Waals surface area contributed by atoms with Crippen LogP contribution in [-0.4, -0.2) is 17.5 Å². The number of aliphatic hydroxyl groups excluding tert-OH is 1. The Kier molecular flexibility index (Phi) is 3.48. The Balaban J connectivity index is 2.63. The van der Waals surface area contributed by atoms with Gasteiger partial charge in [0.1, 0.15) is 6.29 Å². The van der Waals surface area contributed by atoms with E-state index in [4.69, 9.17) is 0 Å². The van der Waals surface area contributed by atoms with Gasteiger partial charge in [0, 0.05) is 5.41 Å². The Morgan fingerprint density at radius 2 is 2.38 bits per heavy atom. The van der Waals surface area contributed by atoms with Crippen molar-refractivity contribution in [2.45, 2.75) is 52.1 Å². The van der Waals surface area contributed by atoms with Crippen molar-refractivity contribution in [2.75, 3.05) is 0 Å². The van der Waals surface area contributed by atoms with E-state index in [-0.39, 0.29) is 11.5 Å². The monoisotopic (exact) mass is 184 g/mol. The molecule has 0 aromatic rings. The van der Waals surface area contributed by atoms with E-state index < -0.39 is 0 Å².